The summed E-state index contributed by atoms with van der Waals surface area (Å²) in [6.45, 7) is 3.88. The van der Waals surface area contributed by atoms with E-state index >= 15 is 0 Å². The number of para-hydroxylation sites is 1. The van der Waals surface area contributed by atoms with Gasteiger partial charge >= 0.3 is 0 Å². The van der Waals surface area contributed by atoms with Crippen LogP contribution in [0.2, 0.25) is 0 Å². The number of hydrogen-bond acceptors (Lipinski definition) is 3. The number of hydrogen-bond donors (Lipinski definition) is 1. The predicted molar refractivity (Wildman–Crippen MR) is 76.6 cm³/mol. The zero-order chi connectivity index (χ0) is 12.2. The third-order valence-electron chi connectivity index (χ3n) is 2.29. The van der Waals surface area contributed by atoms with Gasteiger partial charge in [0, 0.05) is 15.8 Å². The Hall–Kier alpha value is -0.300. The zero-order valence-electron chi connectivity index (χ0n) is 9.40. The van der Waals surface area contributed by atoms with Crippen LogP contribution in [0.25, 0.3) is 0 Å². The van der Waals surface area contributed by atoms with Crippen LogP contribution in [0.3, 0.4) is 0 Å². The number of benzene rings is 1. The van der Waals surface area contributed by atoms with Crippen LogP contribution in [0.1, 0.15) is 13.8 Å². The number of anilines is 1. The van der Waals surface area contributed by atoms with Crippen LogP contribution >= 0.6 is 22.6 Å². The van der Waals surface area contributed by atoms with Crippen LogP contribution in [0.4, 0.5) is 5.69 Å². The quantitative estimate of drug-likeness (QED) is 0.828. The monoisotopic (exact) mass is 353 g/mol. The van der Waals surface area contributed by atoms with Crippen LogP contribution in [0, 0.1) is 3.57 Å². The maximum absolute atomic E-state index is 11.6. The van der Waals surface area contributed by atoms with Crippen molar-refractivity contribution in [2.75, 3.05) is 17.6 Å². The average Bonchev–Trinajstić information content (AvgIpc) is 2.20. The minimum Gasteiger partial charge on any atom is -0.383 e. The molecule has 0 bridgehead atoms. The second-order valence-corrected chi connectivity index (χ2v) is 7.66. The van der Waals surface area contributed by atoms with Gasteiger partial charge in [0.1, 0.15) is 0 Å². The van der Waals surface area contributed by atoms with Crippen molar-refractivity contribution < 1.29 is 8.42 Å². The minimum atomic E-state index is -2.95. The Bertz CT molecular complexity index is 443. The number of sulfone groups is 1. The summed E-state index contributed by atoms with van der Waals surface area (Å²) in [5.74, 6) is 0.176. The molecular formula is C11H16INO2S. The summed E-state index contributed by atoms with van der Waals surface area (Å²) < 4.78 is 24.2. The summed E-state index contributed by atoms with van der Waals surface area (Å²) >= 11 is 2.22. The van der Waals surface area contributed by atoms with Crippen LogP contribution in [-0.4, -0.2) is 26.0 Å². The van der Waals surface area contributed by atoms with E-state index < -0.39 is 9.84 Å². The third kappa shape index (κ3) is 3.93. The van der Waals surface area contributed by atoms with Gasteiger partial charge < -0.3 is 5.32 Å². The fourth-order valence-corrected chi connectivity index (χ4v) is 2.60. The van der Waals surface area contributed by atoms with Gasteiger partial charge in [0.05, 0.1) is 11.0 Å². The molecule has 5 heteroatoms. The van der Waals surface area contributed by atoms with Gasteiger partial charge in [0.25, 0.3) is 0 Å². The van der Waals surface area contributed by atoms with Crippen molar-refractivity contribution in [3.63, 3.8) is 0 Å². The molecule has 0 radical (unpaired) electrons. The molecule has 1 N–H and O–H groups in total. The van der Waals surface area contributed by atoms with E-state index in [0.29, 0.717) is 6.54 Å². The molecule has 0 unspecified atom stereocenters. The first-order valence-corrected chi connectivity index (χ1v) is 7.93. The second-order valence-electron chi connectivity index (χ2n) is 3.82. The molecule has 16 heavy (non-hydrogen) atoms. The molecule has 0 aliphatic heterocycles. The molecule has 0 saturated carbocycles. The van der Waals surface area contributed by atoms with E-state index in [-0.39, 0.29) is 11.0 Å². The van der Waals surface area contributed by atoms with Gasteiger partial charge in [0.15, 0.2) is 9.84 Å². The highest BCUT2D eigenvalue weighted by atomic mass is 127. The van der Waals surface area contributed by atoms with Gasteiger partial charge in [0.2, 0.25) is 0 Å². The number of rotatable bonds is 5. The Kier molecular flexibility index (Phi) is 5.04. The lowest BCUT2D eigenvalue weighted by molar-refractivity contribution is 0.588. The molecule has 0 aliphatic rings. The van der Waals surface area contributed by atoms with Crippen molar-refractivity contribution in [2.24, 2.45) is 0 Å². The first-order valence-electron chi connectivity index (χ1n) is 5.13. The molecule has 1 aromatic rings. The zero-order valence-corrected chi connectivity index (χ0v) is 12.4. The minimum absolute atomic E-state index is 0.176. The highest BCUT2D eigenvalue weighted by molar-refractivity contribution is 14.1. The lowest BCUT2D eigenvalue weighted by atomic mass is 10.3. The largest absolute Gasteiger partial charge is 0.383 e. The molecule has 0 spiro atoms. The van der Waals surface area contributed by atoms with E-state index in [4.69, 9.17) is 0 Å². The third-order valence-corrected chi connectivity index (χ3v) is 5.44. The molecule has 1 rings (SSSR count). The molecule has 0 aromatic heterocycles. The molecule has 90 valence electrons. The fourth-order valence-electron chi connectivity index (χ4n) is 1.17. The Morgan fingerprint density at radius 2 is 1.94 bits per heavy atom. The maximum atomic E-state index is 11.6. The van der Waals surface area contributed by atoms with E-state index in [1.54, 1.807) is 13.8 Å². The Morgan fingerprint density at radius 1 is 1.31 bits per heavy atom. The van der Waals surface area contributed by atoms with Gasteiger partial charge in [-0.05, 0) is 48.6 Å². The molecule has 0 atom stereocenters. The number of nitrogens with one attached hydrogen (secondary N) is 1. The van der Waals surface area contributed by atoms with Crippen LogP contribution in [0.15, 0.2) is 24.3 Å². The van der Waals surface area contributed by atoms with Crippen LogP contribution in [0.5, 0.6) is 0 Å². The van der Waals surface area contributed by atoms with E-state index in [2.05, 4.69) is 27.9 Å². The normalized spacial score (nSPS) is 11.8. The van der Waals surface area contributed by atoms with Crippen LogP contribution < -0.4 is 5.32 Å². The SMILES string of the molecule is CC(C)S(=O)(=O)CCNc1ccccc1I. The summed E-state index contributed by atoms with van der Waals surface area (Å²) in [7, 11) is -2.95. The van der Waals surface area contributed by atoms with E-state index in [1.807, 2.05) is 24.3 Å². The van der Waals surface area contributed by atoms with E-state index in [1.165, 1.54) is 0 Å². The Morgan fingerprint density at radius 3 is 2.50 bits per heavy atom. The fraction of sp³-hybridized carbons (Fsp3) is 0.455. The van der Waals surface area contributed by atoms with Gasteiger partial charge in [-0.25, -0.2) is 8.42 Å². The number of halogens is 1. The Labute approximate surface area is 111 Å². The van der Waals surface area contributed by atoms with Gasteiger partial charge in [-0.1, -0.05) is 12.1 Å². The first kappa shape index (κ1) is 13.8. The van der Waals surface area contributed by atoms with Crippen molar-refractivity contribution in [1.29, 1.82) is 0 Å². The summed E-state index contributed by atoms with van der Waals surface area (Å²) in [6, 6.07) is 7.82. The molecule has 3 nitrogen and oxygen atoms in total. The molecule has 0 fully saturated rings. The predicted octanol–water partition coefficient (Wildman–Crippen LogP) is 2.53. The van der Waals surface area contributed by atoms with E-state index in [0.717, 1.165) is 9.26 Å². The van der Waals surface area contributed by atoms with Crippen molar-refractivity contribution in [3.8, 4) is 0 Å². The highest BCUT2D eigenvalue weighted by Crippen LogP contribution is 2.16. The molecule has 0 heterocycles. The van der Waals surface area contributed by atoms with Gasteiger partial charge in [-0.3, -0.25) is 0 Å². The Balaban J connectivity index is 2.52. The molecular weight excluding hydrogens is 337 g/mol. The smallest absolute Gasteiger partial charge is 0.154 e. The summed E-state index contributed by atoms with van der Waals surface area (Å²) in [5, 5.41) is 2.84. The topological polar surface area (TPSA) is 46.2 Å². The molecule has 1 aromatic carbocycles. The van der Waals surface area contributed by atoms with Crippen molar-refractivity contribution in [1.82, 2.24) is 0 Å². The van der Waals surface area contributed by atoms with Crippen molar-refractivity contribution in [3.05, 3.63) is 27.8 Å². The maximum Gasteiger partial charge on any atom is 0.154 e. The first-order chi connectivity index (χ1) is 7.43. The summed E-state index contributed by atoms with van der Waals surface area (Å²) in [4.78, 5) is 0. The average molecular weight is 353 g/mol. The van der Waals surface area contributed by atoms with Crippen molar-refractivity contribution >= 4 is 38.1 Å². The summed E-state index contributed by atoms with van der Waals surface area (Å²) in [5.41, 5.74) is 0.988. The standard InChI is InChI=1S/C11H16INO2S/c1-9(2)16(14,15)8-7-13-11-6-4-3-5-10(11)12/h3-6,9,13H,7-8H2,1-2H3. The lowest BCUT2D eigenvalue weighted by Crippen LogP contribution is -2.23. The van der Waals surface area contributed by atoms with Gasteiger partial charge in [-0.15, -0.1) is 0 Å². The van der Waals surface area contributed by atoms with E-state index in [9.17, 15) is 8.42 Å². The summed E-state index contributed by atoms with van der Waals surface area (Å²) in [6.07, 6.45) is 0. The van der Waals surface area contributed by atoms with Gasteiger partial charge in [-0.2, -0.15) is 0 Å². The highest BCUT2D eigenvalue weighted by Gasteiger charge is 2.15. The van der Waals surface area contributed by atoms with Crippen LogP contribution in [-0.2, 0) is 9.84 Å². The molecule has 0 saturated heterocycles. The lowest BCUT2D eigenvalue weighted by Gasteiger charge is -2.10. The molecule has 0 aliphatic carbocycles. The molecule has 0 amide bonds. The van der Waals surface area contributed by atoms with Crippen molar-refractivity contribution in [2.45, 2.75) is 19.1 Å². The second kappa shape index (κ2) is 5.86.